The van der Waals surface area contributed by atoms with Crippen LogP contribution in [0.4, 0.5) is 15.3 Å². The number of carbonyl (C=O) groups is 8. The maximum absolute atomic E-state index is 13.2. The minimum Gasteiger partial charge on any atom is -0.480 e. The number of nitrogens with one attached hydrogen (secondary N) is 5. The predicted molar refractivity (Wildman–Crippen MR) is 157 cm³/mol. The largest absolute Gasteiger partial charge is 0.480 e. The lowest BCUT2D eigenvalue weighted by Crippen LogP contribution is -2.54. The summed E-state index contributed by atoms with van der Waals surface area (Å²) in [5, 5.41) is 21.0. The van der Waals surface area contributed by atoms with Crippen LogP contribution in [0.25, 0.3) is 0 Å². The van der Waals surface area contributed by atoms with E-state index in [-0.39, 0.29) is 39.0 Å². The van der Waals surface area contributed by atoms with Crippen LogP contribution in [0.15, 0.2) is 36.4 Å². The Hall–Kier alpha value is -5.48. The second kappa shape index (κ2) is 17.6. The number of nitrogens with two attached hydrogens (primary N) is 1. The SMILES string of the molecule is CC(C)C(NC(=O)CCN1C(=O)C=CC1=O)C(=O)N[C@@H](CCCNC(N)=O)C(=O)Nc1ccc(COC(=O)NCC(=O)O)cc1. The molecule has 244 valence electrons. The number of benzene rings is 1. The molecule has 17 heteroatoms. The first-order valence-electron chi connectivity index (χ1n) is 14.0. The van der Waals surface area contributed by atoms with Gasteiger partial charge >= 0.3 is 18.1 Å². The van der Waals surface area contributed by atoms with E-state index >= 15 is 0 Å². The lowest BCUT2D eigenvalue weighted by Gasteiger charge is -2.25. The minimum atomic E-state index is -1.22. The zero-order valence-corrected chi connectivity index (χ0v) is 24.8. The average molecular weight is 632 g/mol. The third-order valence-electron chi connectivity index (χ3n) is 6.31. The molecule has 0 fully saturated rings. The molecule has 2 atom stereocenters. The van der Waals surface area contributed by atoms with Gasteiger partial charge in [-0.3, -0.25) is 33.7 Å². The van der Waals surface area contributed by atoms with Gasteiger partial charge in [-0.25, -0.2) is 9.59 Å². The number of nitrogens with zero attached hydrogens (tertiary/aromatic N) is 1. The topological polar surface area (TPSA) is 255 Å². The zero-order chi connectivity index (χ0) is 33.5. The molecular weight excluding hydrogens is 594 g/mol. The molecule has 0 spiro atoms. The number of rotatable bonds is 17. The third-order valence-corrected chi connectivity index (χ3v) is 6.31. The molecule has 1 aliphatic rings. The Labute approximate surface area is 258 Å². The van der Waals surface area contributed by atoms with Gasteiger partial charge in [0.1, 0.15) is 25.2 Å². The molecule has 45 heavy (non-hydrogen) atoms. The number of carboxylic acid groups (broad SMARTS) is 1. The van der Waals surface area contributed by atoms with E-state index in [1.54, 1.807) is 26.0 Å². The molecule has 0 saturated heterocycles. The molecule has 1 heterocycles. The number of hydrogen-bond donors (Lipinski definition) is 7. The summed E-state index contributed by atoms with van der Waals surface area (Å²) in [5.74, 6) is -4.50. The van der Waals surface area contributed by atoms with Crippen LogP contribution < -0.4 is 32.3 Å². The molecule has 0 bridgehead atoms. The summed E-state index contributed by atoms with van der Waals surface area (Å²) in [6, 6.07) is 3.30. The molecule has 0 radical (unpaired) electrons. The Morgan fingerprint density at radius 3 is 2.16 bits per heavy atom. The second-order valence-corrected chi connectivity index (χ2v) is 10.2. The number of carbonyl (C=O) groups excluding carboxylic acids is 7. The van der Waals surface area contributed by atoms with Crippen molar-refractivity contribution in [2.24, 2.45) is 11.7 Å². The molecule has 0 aromatic heterocycles. The van der Waals surface area contributed by atoms with Crippen molar-refractivity contribution in [1.29, 1.82) is 0 Å². The quantitative estimate of drug-likeness (QED) is 0.0842. The predicted octanol–water partition coefficient (Wildman–Crippen LogP) is -0.675. The van der Waals surface area contributed by atoms with Crippen LogP contribution in [0, 0.1) is 5.92 Å². The van der Waals surface area contributed by atoms with Crippen molar-refractivity contribution < 1.29 is 48.2 Å². The molecular formula is C28H37N7O10. The van der Waals surface area contributed by atoms with Crippen LogP contribution in [0.5, 0.6) is 0 Å². The fourth-order valence-electron chi connectivity index (χ4n) is 3.95. The summed E-state index contributed by atoms with van der Waals surface area (Å²) in [7, 11) is 0. The summed E-state index contributed by atoms with van der Waals surface area (Å²) < 4.78 is 4.92. The van der Waals surface area contributed by atoms with Gasteiger partial charge in [-0.05, 0) is 36.5 Å². The Morgan fingerprint density at radius 2 is 1.58 bits per heavy atom. The van der Waals surface area contributed by atoms with Crippen LogP contribution in [0.1, 0.15) is 38.7 Å². The number of primary amides is 1. The molecule has 1 aromatic carbocycles. The number of amides is 8. The van der Waals surface area contributed by atoms with Crippen molar-refractivity contribution in [2.75, 3.05) is 25.0 Å². The zero-order valence-electron chi connectivity index (χ0n) is 24.8. The van der Waals surface area contributed by atoms with Crippen LogP contribution in [0.3, 0.4) is 0 Å². The highest BCUT2D eigenvalue weighted by Crippen LogP contribution is 2.13. The first-order chi connectivity index (χ1) is 21.3. The Bertz CT molecular complexity index is 1300. The van der Waals surface area contributed by atoms with E-state index in [1.807, 2.05) is 0 Å². The van der Waals surface area contributed by atoms with Crippen molar-refractivity contribution in [3.63, 3.8) is 0 Å². The number of ether oxygens (including phenoxy) is 1. The molecule has 1 unspecified atom stereocenters. The highest BCUT2D eigenvalue weighted by Gasteiger charge is 2.30. The van der Waals surface area contributed by atoms with Crippen LogP contribution in [-0.2, 0) is 40.1 Å². The summed E-state index contributed by atoms with van der Waals surface area (Å²) in [4.78, 5) is 96.5. The highest BCUT2D eigenvalue weighted by molar-refractivity contribution is 6.13. The smallest absolute Gasteiger partial charge is 0.407 e. The number of hydrogen-bond acceptors (Lipinski definition) is 9. The molecule has 2 rings (SSSR count). The standard InChI is InChI=1S/C28H37N7O10/c1-16(2)24(34-20(36)11-13-35-21(37)9-10-22(35)38)26(42)33-19(4-3-12-30-27(29)43)25(41)32-18-7-5-17(6-8-18)15-45-28(44)31-14-23(39)40/h5-10,16,19,24H,3-4,11-15H2,1-2H3,(H,31,44)(H,32,41)(H,33,42)(H,34,36)(H,39,40)(H3,29,30,43)/t19-,24?/m0/s1. The molecule has 1 aliphatic heterocycles. The van der Waals surface area contributed by atoms with Crippen LogP contribution >= 0.6 is 0 Å². The van der Waals surface area contributed by atoms with Gasteiger partial charge in [0.25, 0.3) is 11.8 Å². The lowest BCUT2D eigenvalue weighted by atomic mass is 10.0. The number of urea groups is 1. The Kier molecular flexibility index (Phi) is 14.0. The van der Waals surface area contributed by atoms with Gasteiger partial charge in [-0.2, -0.15) is 0 Å². The number of anilines is 1. The van der Waals surface area contributed by atoms with E-state index in [1.165, 1.54) is 12.1 Å². The summed E-state index contributed by atoms with van der Waals surface area (Å²) >= 11 is 0. The first kappa shape index (κ1) is 35.7. The number of alkyl carbamates (subject to hydrolysis) is 1. The average Bonchev–Trinajstić information content (AvgIpc) is 3.30. The summed E-state index contributed by atoms with van der Waals surface area (Å²) in [6.45, 7) is 2.60. The van der Waals surface area contributed by atoms with E-state index in [4.69, 9.17) is 15.6 Å². The van der Waals surface area contributed by atoms with Gasteiger partial charge in [-0.15, -0.1) is 0 Å². The highest BCUT2D eigenvalue weighted by atomic mass is 16.5. The van der Waals surface area contributed by atoms with Crippen molar-refractivity contribution in [3.05, 3.63) is 42.0 Å². The van der Waals surface area contributed by atoms with E-state index in [2.05, 4.69) is 26.6 Å². The second-order valence-electron chi connectivity index (χ2n) is 10.2. The van der Waals surface area contributed by atoms with Gasteiger partial charge in [-0.1, -0.05) is 26.0 Å². The summed E-state index contributed by atoms with van der Waals surface area (Å²) in [6.07, 6.45) is 1.43. The van der Waals surface area contributed by atoms with Gasteiger partial charge < -0.3 is 42.2 Å². The van der Waals surface area contributed by atoms with Crippen molar-refractivity contribution in [2.45, 2.75) is 51.8 Å². The molecule has 1 aromatic rings. The molecule has 0 saturated carbocycles. The van der Waals surface area contributed by atoms with Gasteiger partial charge in [0.15, 0.2) is 0 Å². The van der Waals surface area contributed by atoms with E-state index < -0.39 is 72.2 Å². The van der Waals surface area contributed by atoms with E-state index in [9.17, 15) is 38.4 Å². The maximum Gasteiger partial charge on any atom is 0.407 e. The van der Waals surface area contributed by atoms with E-state index in [0.717, 1.165) is 17.1 Å². The van der Waals surface area contributed by atoms with Crippen molar-refractivity contribution >= 4 is 53.3 Å². The number of imide groups is 1. The van der Waals surface area contributed by atoms with Crippen molar-refractivity contribution in [3.8, 4) is 0 Å². The first-order valence-corrected chi connectivity index (χ1v) is 14.0. The molecule has 8 N–H and O–H groups in total. The van der Waals surface area contributed by atoms with Gasteiger partial charge in [0, 0.05) is 37.3 Å². The molecule has 17 nitrogen and oxygen atoms in total. The summed E-state index contributed by atoms with van der Waals surface area (Å²) in [5.41, 5.74) is 5.99. The maximum atomic E-state index is 13.2. The van der Waals surface area contributed by atoms with Crippen LogP contribution in [0.2, 0.25) is 0 Å². The molecule has 0 aliphatic carbocycles. The lowest BCUT2D eigenvalue weighted by molar-refractivity contribution is -0.138. The Morgan fingerprint density at radius 1 is 0.933 bits per heavy atom. The Balaban J connectivity index is 2.01. The molecule has 8 amide bonds. The van der Waals surface area contributed by atoms with E-state index in [0.29, 0.717) is 11.3 Å². The third kappa shape index (κ3) is 12.7. The fourth-order valence-corrected chi connectivity index (χ4v) is 3.95. The number of aliphatic carboxylic acids is 1. The number of carboxylic acids is 1. The minimum absolute atomic E-state index is 0.0974. The van der Waals surface area contributed by atoms with Gasteiger partial charge in [0.2, 0.25) is 17.7 Å². The van der Waals surface area contributed by atoms with Crippen molar-refractivity contribution in [1.82, 2.24) is 26.2 Å². The van der Waals surface area contributed by atoms with Crippen LogP contribution in [-0.4, -0.2) is 89.4 Å². The monoisotopic (exact) mass is 631 g/mol. The van der Waals surface area contributed by atoms with Gasteiger partial charge in [0.05, 0.1) is 0 Å². The fraction of sp³-hybridized carbons (Fsp3) is 0.429. The normalized spacial score (nSPS) is 13.5.